The fourth-order valence-corrected chi connectivity index (χ4v) is 2.93. The number of para-hydroxylation sites is 1. The van der Waals surface area contributed by atoms with Gasteiger partial charge >= 0.3 is 5.97 Å². The van der Waals surface area contributed by atoms with Crippen molar-refractivity contribution in [3.8, 4) is 0 Å². The lowest BCUT2D eigenvalue weighted by molar-refractivity contribution is -0.121. The Morgan fingerprint density at radius 3 is 2.56 bits per heavy atom. The minimum atomic E-state index is -0.971. The molecule has 2 aromatic carbocycles. The molecule has 0 atom stereocenters. The van der Waals surface area contributed by atoms with E-state index in [9.17, 15) is 14.0 Å². The molecule has 7 heteroatoms. The molecule has 0 saturated heterocycles. The third kappa shape index (κ3) is 4.31. The van der Waals surface area contributed by atoms with Crippen LogP contribution in [0.2, 0.25) is 0 Å². The molecule has 0 saturated carbocycles. The Labute approximate surface area is 155 Å². The summed E-state index contributed by atoms with van der Waals surface area (Å²) in [7, 11) is 1.83. The lowest BCUT2D eigenvalue weighted by Crippen LogP contribution is -2.26. The van der Waals surface area contributed by atoms with E-state index in [-0.39, 0.29) is 17.3 Å². The number of benzene rings is 2. The fraction of sp³-hybridized carbons (Fsp3) is 0.250. The summed E-state index contributed by atoms with van der Waals surface area (Å²) in [6, 6.07) is 11.3. The Morgan fingerprint density at radius 1 is 1.15 bits per heavy atom. The Kier molecular flexibility index (Phi) is 5.49. The summed E-state index contributed by atoms with van der Waals surface area (Å²) in [5, 5.41) is 11.7. The third-order valence-electron chi connectivity index (χ3n) is 4.47. The van der Waals surface area contributed by atoms with Crippen molar-refractivity contribution in [2.75, 3.05) is 6.54 Å². The van der Waals surface area contributed by atoms with Crippen LogP contribution in [0.25, 0.3) is 11.0 Å². The Hall–Kier alpha value is -3.22. The predicted molar refractivity (Wildman–Crippen MR) is 99.1 cm³/mol. The van der Waals surface area contributed by atoms with Crippen molar-refractivity contribution < 1.29 is 19.1 Å². The van der Waals surface area contributed by atoms with Crippen molar-refractivity contribution in [3.05, 3.63) is 65.2 Å². The van der Waals surface area contributed by atoms with E-state index < -0.39 is 5.97 Å². The van der Waals surface area contributed by atoms with Crippen LogP contribution in [0.4, 0.5) is 4.39 Å². The number of nitrogens with one attached hydrogen (secondary N) is 1. The Morgan fingerprint density at radius 2 is 1.89 bits per heavy atom. The molecule has 140 valence electrons. The van der Waals surface area contributed by atoms with Gasteiger partial charge in [-0.15, -0.1) is 0 Å². The van der Waals surface area contributed by atoms with Gasteiger partial charge in [-0.05, 0) is 36.2 Å². The number of carbonyl (C=O) groups excluding carboxylic acids is 1. The summed E-state index contributed by atoms with van der Waals surface area (Å²) < 4.78 is 15.6. The van der Waals surface area contributed by atoms with E-state index in [1.807, 2.05) is 17.7 Å². The summed E-state index contributed by atoms with van der Waals surface area (Å²) >= 11 is 0. The number of rotatable bonds is 7. The molecule has 0 aliphatic carbocycles. The molecule has 0 aliphatic rings. The number of aryl methyl sites for hydroxylation is 2. The van der Waals surface area contributed by atoms with Gasteiger partial charge in [0.25, 0.3) is 0 Å². The van der Waals surface area contributed by atoms with Crippen LogP contribution in [0.15, 0.2) is 42.5 Å². The normalized spacial score (nSPS) is 10.9. The fourth-order valence-electron chi connectivity index (χ4n) is 2.93. The molecule has 0 radical (unpaired) electrons. The van der Waals surface area contributed by atoms with E-state index in [4.69, 9.17) is 5.11 Å². The number of aromatic carboxylic acids is 1. The van der Waals surface area contributed by atoms with Gasteiger partial charge in [-0.1, -0.05) is 18.2 Å². The second kappa shape index (κ2) is 7.99. The minimum absolute atomic E-state index is 0.0951. The standard InChI is InChI=1S/C20H20FN3O3/c1-24-16-4-2-3-15(21)19(16)23-17(24)11-12-22-18(25)10-7-13-5-8-14(9-6-13)20(26)27/h2-6,8-9H,7,10-12H2,1H3,(H,22,25)(H,26,27). The number of hydrogen-bond acceptors (Lipinski definition) is 3. The third-order valence-corrected chi connectivity index (χ3v) is 4.47. The van der Waals surface area contributed by atoms with E-state index in [2.05, 4.69) is 10.3 Å². The average Bonchev–Trinajstić information content (AvgIpc) is 2.98. The van der Waals surface area contributed by atoms with Gasteiger partial charge < -0.3 is 15.0 Å². The molecule has 27 heavy (non-hydrogen) atoms. The lowest BCUT2D eigenvalue weighted by Gasteiger charge is -2.06. The van der Waals surface area contributed by atoms with Gasteiger partial charge in [-0.3, -0.25) is 4.79 Å². The van der Waals surface area contributed by atoms with E-state index in [0.29, 0.717) is 37.1 Å². The van der Waals surface area contributed by atoms with Crippen molar-refractivity contribution in [3.63, 3.8) is 0 Å². The molecule has 0 unspecified atom stereocenters. The quantitative estimate of drug-likeness (QED) is 0.671. The van der Waals surface area contributed by atoms with Crippen LogP contribution in [0.3, 0.4) is 0 Å². The Bertz CT molecular complexity index is 980. The van der Waals surface area contributed by atoms with Crippen molar-refractivity contribution in [1.29, 1.82) is 0 Å². The number of imidazole rings is 1. The zero-order valence-electron chi connectivity index (χ0n) is 14.9. The number of fused-ring (bicyclic) bond motifs is 1. The molecule has 0 bridgehead atoms. The van der Waals surface area contributed by atoms with Crippen molar-refractivity contribution in [1.82, 2.24) is 14.9 Å². The number of carboxylic acid groups (broad SMARTS) is 1. The van der Waals surface area contributed by atoms with E-state index in [1.54, 1.807) is 18.2 Å². The number of carbonyl (C=O) groups is 2. The lowest BCUT2D eigenvalue weighted by atomic mass is 10.1. The average molecular weight is 369 g/mol. The Balaban J connectivity index is 1.49. The number of hydrogen-bond donors (Lipinski definition) is 2. The molecule has 1 amide bonds. The summed E-state index contributed by atoms with van der Waals surface area (Å²) in [6.45, 7) is 0.412. The first-order valence-electron chi connectivity index (χ1n) is 8.64. The summed E-state index contributed by atoms with van der Waals surface area (Å²) in [5.74, 6) is -0.713. The highest BCUT2D eigenvalue weighted by atomic mass is 19.1. The molecule has 0 spiro atoms. The zero-order valence-corrected chi connectivity index (χ0v) is 14.9. The van der Waals surface area contributed by atoms with Crippen LogP contribution >= 0.6 is 0 Å². The monoisotopic (exact) mass is 369 g/mol. The minimum Gasteiger partial charge on any atom is -0.478 e. The van der Waals surface area contributed by atoms with Crippen LogP contribution in [0.1, 0.15) is 28.2 Å². The van der Waals surface area contributed by atoms with Crippen molar-refractivity contribution >= 4 is 22.9 Å². The van der Waals surface area contributed by atoms with Crippen LogP contribution < -0.4 is 5.32 Å². The summed E-state index contributed by atoms with van der Waals surface area (Å²) in [5.41, 5.74) is 2.19. The zero-order chi connectivity index (χ0) is 19.4. The predicted octanol–water partition coefficient (Wildman–Crippen LogP) is 2.70. The SMILES string of the molecule is Cn1c(CCNC(=O)CCc2ccc(C(=O)O)cc2)nc2c(F)cccc21. The first-order valence-corrected chi connectivity index (χ1v) is 8.64. The number of halogens is 1. The number of amides is 1. The highest BCUT2D eigenvalue weighted by molar-refractivity contribution is 5.87. The largest absolute Gasteiger partial charge is 0.478 e. The maximum Gasteiger partial charge on any atom is 0.335 e. The highest BCUT2D eigenvalue weighted by Gasteiger charge is 2.11. The molecular formula is C20H20FN3O3. The molecule has 6 nitrogen and oxygen atoms in total. The molecule has 0 aliphatic heterocycles. The van der Waals surface area contributed by atoms with E-state index in [0.717, 1.165) is 11.1 Å². The van der Waals surface area contributed by atoms with Crippen LogP contribution in [-0.4, -0.2) is 33.1 Å². The summed E-state index contributed by atoms with van der Waals surface area (Å²) in [4.78, 5) is 27.1. The molecule has 3 rings (SSSR count). The van der Waals surface area contributed by atoms with Gasteiger partial charge in [0.05, 0.1) is 11.1 Å². The van der Waals surface area contributed by atoms with Crippen LogP contribution in [0, 0.1) is 5.82 Å². The number of carboxylic acids is 1. The first kappa shape index (κ1) is 18.6. The van der Waals surface area contributed by atoms with Crippen LogP contribution in [0.5, 0.6) is 0 Å². The van der Waals surface area contributed by atoms with Gasteiger partial charge in [-0.2, -0.15) is 0 Å². The van der Waals surface area contributed by atoms with Gasteiger partial charge in [0, 0.05) is 26.4 Å². The van der Waals surface area contributed by atoms with E-state index in [1.165, 1.54) is 18.2 Å². The molecular weight excluding hydrogens is 349 g/mol. The smallest absolute Gasteiger partial charge is 0.335 e. The second-order valence-electron chi connectivity index (χ2n) is 6.30. The topological polar surface area (TPSA) is 84.2 Å². The maximum absolute atomic E-state index is 13.8. The van der Waals surface area contributed by atoms with Crippen molar-refractivity contribution in [2.24, 2.45) is 7.05 Å². The molecule has 3 aromatic rings. The van der Waals surface area contributed by atoms with Gasteiger partial charge in [0.1, 0.15) is 11.3 Å². The summed E-state index contributed by atoms with van der Waals surface area (Å²) in [6.07, 6.45) is 1.34. The molecule has 2 N–H and O–H groups in total. The maximum atomic E-state index is 13.8. The number of nitrogens with zero attached hydrogens (tertiary/aromatic N) is 2. The van der Waals surface area contributed by atoms with Crippen molar-refractivity contribution in [2.45, 2.75) is 19.3 Å². The van der Waals surface area contributed by atoms with Gasteiger partial charge in [0.2, 0.25) is 5.91 Å². The second-order valence-corrected chi connectivity index (χ2v) is 6.30. The van der Waals surface area contributed by atoms with Crippen LogP contribution in [-0.2, 0) is 24.7 Å². The van der Waals surface area contributed by atoms with Gasteiger partial charge in [0.15, 0.2) is 5.82 Å². The van der Waals surface area contributed by atoms with E-state index >= 15 is 0 Å². The molecule has 0 fully saturated rings. The first-order chi connectivity index (χ1) is 13.0. The number of aromatic nitrogens is 2. The molecule has 1 aromatic heterocycles. The highest BCUT2D eigenvalue weighted by Crippen LogP contribution is 2.18. The van der Waals surface area contributed by atoms with Gasteiger partial charge in [-0.25, -0.2) is 14.2 Å². The molecule has 1 heterocycles.